The quantitative estimate of drug-likeness (QED) is 0.856. The third kappa shape index (κ3) is 3.74. The number of rotatable bonds is 5. The number of carbonyl (C=O) groups is 1. The number of anilines is 1. The van der Waals surface area contributed by atoms with E-state index in [1.807, 2.05) is 35.9 Å². The molecule has 0 aliphatic rings. The average molecular weight is 308 g/mol. The molecule has 0 bridgehead atoms. The van der Waals surface area contributed by atoms with Crippen LogP contribution >= 0.6 is 23.1 Å². The molecule has 6 heteroatoms. The molecule has 4 nitrogen and oxygen atoms in total. The maximum absolute atomic E-state index is 12.2. The van der Waals surface area contributed by atoms with Crippen molar-refractivity contribution in [2.24, 2.45) is 0 Å². The van der Waals surface area contributed by atoms with Crippen molar-refractivity contribution in [3.8, 4) is 5.75 Å². The molecule has 20 heavy (non-hydrogen) atoms. The summed E-state index contributed by atoms with van der Waals surface area (Å²) in [4.78, 5) is 17.4. The number of hydrogen-bond acceptors (Lipinski definition) is 5. The second kappa shape index (κ2) is 6.28. The molecule has 2 rings (SSSR count). The van der Waals surface area contributed by atoms with Gasteiger partial charge in [-0.3, -0.25) is 10.1 Å². The van der Waals surface area contributed by atoms with E-state index in [1.54, 1.807) is 31.8 Å². The second-order valence-corrected chi connectivity index (χ2v) is 6.35. The van der Waals surface area contributed by atoms with E-state index in [2.05, 4.69) is 10.3 Å². The lowest BCUT2D eigenvalue weighted by Gasteiger charge is -2.24. The van der Waals surface area contributed by atoms with Gasteiger partial charge < -0.3 is 4.74 Å². The van der Waals surface area contributed by atoms with Gasteiger partial charge in [-0.2, -0.15) is 0 Å². The van der Waals surface area contributed by atoms with E-state index in [-0.39, 0.29) is 5.91 Å². The molecule has 1 amide bonds. The SMILES string of the molecule is CSc1ccc(OC(C)(C)C(=O)Nc2nccs2)cc1. The van der Waals surface area contributed by atoms with Gasteiger partial charge in [0.15, 0.2) is 10.7 Å². The second-order valence-electron chi connectivity index (χ2n) is 4.58. The number of thioether (sulfide) groups is 1. The lowest BCUT2D eigenvalue weighted by atomic mass is 10.1. The molecule has 0 spiro atoms. The molecule has 0 radical (unpaired) electrons. The van der Waals surface area contributed by atoms with E-state index >= 15 is 0 Å². The van der Waals surface area contributed by atoms with Crippen LogP contribution in [0.25, 0.3) is 0 Å². The minimum atomic E-state index is -0.966. The highest BCUT2D eigenvalue weighted by Crippen LogP contribution is 2.23. The molecule has 2 aromatic rings. The Kier molecular flexibility index (Phi) is 4.67. The third-order valence-electron chi connectivity index (χ3n) is 2.63. The Bertz CT molecular complexity index is 565. The Morgan fingerprint density at radius 2 is 2.05 bits per heavy atom. The van der Waals surface area contributed by atoms with Gasteiger partial charge in [0.05, 0.1) is 0 Å². The first-order valence-electron chi connectivity index (χ1n) is 6.05. The lowest BCUT2D eigenvalue weighted by molar-refractivity contribution is -0.128. The minimum absolute atomic E-state index is 0.221. The molecule has 0 fully saturated rings. The largest absolute Gasteiger partial charge is 0.478 e. The van der Waals surface area contributed by atoms with Crippen LogP contribution in [0, 0.1) is 0 Å². The van der Waals surface area contributed by atoms with Crippen molar-refractivity contribution in [2.75, 3.05) is 11.6 Å². The summed E-state index contributed by atoms with van der Waals surface area (Å²) in [6.07, 6.45) is 3.66. The molecule has 0 atom stereocenters. The van der Waals surface area contributed by atoms with Crippen molar-refractivity contribution in [3.05, 3.63) is 35.8 Å². The molecular weight excluding hydrogens is 292 g/mol. The van der Waals surface area contributed by atoms with Gasteiger partial charge in [0.25, 0.3) is 5.91 Å². The van der Waals surface area contributed by atoms with Crippen molar-refractivity contribution in [3.63, 3.8) is 0 Å². The van der Waals surface area contributed by atoms with Gasteiger partial charge in [-0.1, -0.05) is 0 Å². The Morgan fingerprint density at radius 3 is 2.60 bits per heavy atom. The van der Waals surface area contributed by atoms with Crippen molar-refractivity contribution >= 4 is 34.1 Å². The van der Waals surface area contributed by atoms with Crippen LogP contribution < -0.4 is 10.1 Å². The monoisotopic (exact) mass is 308 g/mol. The number of thiazole rings is 1. The smallest absolute Gasteiger partial charge is 0.269 e. The molecule has 1 N–H and O–H groups in total. The standard InChI is InChI=1S/C14H16N2O2S2/c1-14(2,12(17)16-13-15-8-9-20-13)18-10-4-6-11(19-3)7-5-10/h4-9H,1-3H3,(H,15,16,17). The summed E-state index contributed by atoms with van der Waals surface area (Å²) in [5, 5.41) is 5.13. The summed E-state index contributed by atoms with van der Waals surface area (Å²) in [5.74, 6) is 0.448. The van der Waals surface area contributed by atoms with Crippen LogP contribution in [0.3, 0.4) is 0 Å². The number of aromatic nitrogens is 1. The minimum Gasteiger partial charge on any atom is -0.478 e. The zero-order chi connectivity index (χ0) is 14.6. The van der Waals surface area contributed by atoms with E-state index < -0.39 is 5.60 Å². The van der Waals surface area contributed by atoms with E-state index in [0.29, 0.717) is 10.9 Å². The summed E-state index contributed by atoms with van der Waals surface area (Å²) in [5.41, 5.74) is -0.966. The van der Waals surface area contributed by atoms with Gasteiger partial charge >= 0.3 is 0 Å². The molecule has 0 saturated heterocycles. The number of amides is 1. The van der Waals surface area contributed by atoms with Crippen molar-refractivity contribution in [2.45, 2.75) is 24.3 Å². The summed E-state index contributed by atoms with van der Waals surface area (Å²) in [7, 11) is 0. The van der Waals surface area contributed by atoms with Crippen LogP contribution in [0.15, 0.2) is 40.7 Å². The molecule has 1 heterocycles. The first kappa shape index (κ1) is 14.9. The summed E-state index contributed by atoms with van der Waals surface area (Å²) in [6, 6.07) is 7.66. The maximum Gasteiger partial charge on any atom is 0.269 e. The van der Waals surface area contributed by atoms with Gasteiger partial charge in [-0.15, -0.1) is 23.1 Å². The highest BCUT2D eigenvalue weighted by atomic mass is 32.2. The Hall–Kier alpha value is -1.53. The van der Waals surface area contributed by atoms with Gasteiger partial charge in [0.2, 0.25) is 0 Å². The molecular formula is C14H16N2O2S2. The number of benzene rings is 1. The highest BCUT2D eigenvalue weighted by molar-refractivity contribution is 7.98. The number of nitrogens with zero attached hydrogens (tertiary/aromatic N) is 1. The first-order valence-corrected chi connectivity index (χ1v) is 8.16. The van der Waals surface area contributed by atoms with E-state index in [1.165, 1.54) is 11.3 Å². The molecule has 1 aromatic carbocycles. The van der Waals surface area contributed by atoms with Gasteiger partial charge in [0.1, 0.15) is 5.75 Å². The van der Waals surface area contributed by atoms with Crippen molar-refractivity contribution < 1.29 is 9.53 Å². The molecule has 0 unspecified atom stereocenters. The fourth-order valence-corrected chi connectivity index (χ4v) is 2.45. The molecule has 0 aliphatic heterocycles. The highest BCUT2D eigenvalue weighted by Gasteiger charge is 2.30. The number of hydrogen-bond donors (Lipinski definition) is 1. The number of carbonyl (C=O) groups excluding carboxylic acids is 1. The Balaban J connectivity index is 2.03. The van der Waals surface area contributed by atoms with Crippen LogP contribution in [-0.2, 0) is 4.79 Å². The van der Waals surface area contributed by atoms with Gasteiger partial charge in [-0.25, -0.2) is 4.98 Å². The topological polar surface area (TPSA) is 51.2 Å². The van der Waals surface area contributed by atoms with E-state index in [9.17, 15) is 4.79 Å². The van der Waals surface area contributed by atoms with Crippen molar-refractivity contribution in [1.29, 1.82) is 0 Å². The fraction of sp³-hybridized carbons (Fsp3) is 0.286. The van der Waals surface area contributed by atoms with Crippen LogP contribution in [0.5, 0.6) is 5.75 Å². The van der Waals surface area contributed by atoms with Crippen LogP contribution in [0.2, 0.25) is 0 Å². The Labute approximate surface area is 126 Å². The Morgan fingerprint density at radius 1 is 1.35 bits per heavy atom. The third-order valence-corrected chi connectivity index (χ3v) is 4.06. The maximum atomic E-state index is 12.2. The lowest BCUT2D eigenvalue weighted by Crippen LogP contribution is -2.42. The van der Waals surface area contributed by atoms with Crippen LogP contribution in [-0.4, -0.2) is 22.7 Å². The molecule has 0 saturated carbocycles. The number of ether oxygens (including phenoxy) is 1. The predicted molar refractivity (Wildman–Crippen MR) is 83.7 cm³/mol. The van der Waals surface area contributed by atoms with E-state index in [0.717, 1.165) is 4.90 Å². The fourth-order valence-electron chi connectivity index (χ4n) is 1.52. The van der Waals surface area contributed by atoms with Crippen LogP contribution in [0.4, 0.5) is 5.13 Å². The van der Waals surface area contributed by atoms with E-state index in [4.69, 9.17) is 4.74 Å². The number of nitrogens with one attached hydrogen (secondary N) is 1. The zero-order valence-electron chi connectivity index (χ0n) is 11.5. The van der Waals surface area contributed by atoms with Gasteiger partial charge in [-0.05, 0) is 44.4 Å². The predicted octanol–water partition coefficient (Wildman–Crippen LogP) is 3.66. The molecule has 106 valence electrons. The van der Waals surface area contributed by atoms with Crippen LogP contribution in [0.1, 0.15) is 13.8 Å². The van der Waals surface area contributed by atoms with Crippen molar-refractivity contribution in [1.82, 2.24) is 4.98 Å². The normalized spacial score (nSPS) is 11.2. The summed E-state index contributed by atoms with van der Waals surface area (Å²) >= 11 is 3.04. The summed E-state index contributed by atoms with van der Waals surface area (Å²) < 4.78 is 5.77. The zero-order valence-corrected chi connectivity index (χ0v) is 13.2. The first-order chi connectivity index (χ1) is 9.51. The van der Waals surface area contributed by atoms with Gasteiger partial charge in [0, 0.05) is 16.5 Å². The molecule has 1 aromatic heterocycles. The molecule has 0 aliphatic carbocycles. The summed E-state index contributed by atoms with van der Waals surface area (Å²) in [6.45, 7) is 3.47. The average Bonchev–Trinajstić information content (AvgIpc) is 2.92.